The molecule has 6 nitrogen and oxygen atoms in total. The molecule has 32 heavy (non-hydrogen) atoms. The summed E-state index contributed by atoms with van der Waals surface area (Å²) in [6.07, 6.45) is 0.282. The van der Waals surface area contributed by atoms with Gasteiger partial charge in [0.1, 0.15) is 11.5 Å². The Kier molecular flexibility index (Phi) is 6.18. The molecular weight excluding hydrogens is 423 g/mol. The number of alkyl halides is 2. The summed E-state index contributed by atoms with van der Waals surface area (Å²) in [5.41, 5.74) is -0.736. The van der Waals surface area contributed by atoms with Crippen molar-refractivity contribution in [3.8, 4) is 16.9 Å². The highest BCUT2D eigenvalue weighted by molar-refractivity contribution is 5.96. The minimum absolute atomic E-state index is 0.00835. The molecule has 0 radical (unpaired) electrons. The van der Waals surface area contributed by atoms with Crippen molar-refractivity contribution in [2.24, 2.45) is 11.8 Å². The number of nitrogens with zero attached hydrogens (tertiary/aromatic N) is 3. The molecule has 2 aromatic heterocycles. The number of aliphatic hydroxyl groups is 1. The number of halogens is 3. The summed E-state index contributed by atoms with van der Waals surface area (Å²) in [5.74, 6) is -1.05. The molecule has 0 bridgehead atoms. The quantitative estimate of drug-likeness (QED) is 0.533. The Balaban J connectivity index is 1.81. The number of Topliss-reactive ketones (excluding diaryl/α,β-unsaturated/α-hetero) is 1. The number of aliphatic hydroxyl groups excluding tert-OH is 1. The summed E-state index contributed by atoms with van der Waals surface area (Å²) in [6.45, 7) is -0.161. The van der Waals surface area contributed by atoms with Gasteiger partial charge in [-0.15, -0.1) is 0 Å². The van der Waals surface area contributed by atoms with Crippen molar-refractivity contribution in [2.45, 2.75) is 25.7 Å². The molecule has 1 aliphatic carbocycles. The minimum atomic E-state index is -2.74. The van der Waals surface area contributed by atoms with Gasteiger partial charge in [-0.3, -0.25) is 14.6 Å². The third-order valence-corrected chi connectivity index (χ3v) is 5.54. The Morgan fingerprint density at radius 2 is 1.97 bits per heavy atom. The molecule has 1 aliphatic rings. The highest BCUT2D eigenvalue weighted by Crippen LogP contribution is 2.38. The smallest absolute Gasteiger partial charge is 0.282 e. The van der Waals surface area contributed by atoms with Crippen LogP contribution in [0, 0.1) is 17.7 Å². The molecule has 0 spiro atoms. The molecule has 3 aromatic rings. The molecule has 166 valence electrons. The first-order valence-electron chi connectivity index (χ1n) is 10.2. The third-order valence-electron chi connectivity index (χ3n) is 5.54. The summed E-state index contributed by atoms with van der Waals surface area (Å²) in [7, 11) is 0. The monoisotopic (exact) mass is 443 g/mol. The maximum absolute atomic E-state index is 13.8. The first-order chi connectivity index (χ1) is 15.4. The fraction of sp³-hybridized carbons (Fsp3) is 0.304. The lowest BCUT2D eigenvalue weighted by Crippen LogP contribution is -2.29. The van der Waals surface area contributed by atoms with Crippen molar-refractivity contribution in [1.82, 2.24) is 14.8 Å². The second-order valence-corrected chi connectivity index (χ2v) is 7.82. The van der Waals surface area contributed by atoms with Crippen LogP contribution < -0.4 is 5.56 Å². The molecule has 1 aromatic carbocycles. The van der Waals surface area contributed by atoms with Gasteiger partial charge in [-0.1, -0.05) is 6.07 Å². The van der Waals surface area contributed by atoms with E-state index >= 15 is 0 Å². The SMILES string of the molecule is O=C(C[C@H](CO)C1CC1)c1cc(-c2ccc(C(F)F)nc2)nn(-c2cccc(F)c2)c1=O. The van der Waals surface area contributed by atoms with Crippen molar-refractivity contribution >= 4 is 5.78 Å². The van der Waals surface area contributed by atoms with Crippen LogP contribution in [-0.4, -0.2) is 32.3 Å². The molecule has 9 heteroatoms. The van der Waals surface area contributed by atoms with E-state index in [1.54, 1.807) is 0 Å². The van der Waals surface area contributed by atoms with Crippen molar-refractivity contribution in [3.05, 3.63) is 76.1 Å². The number of pyridine rings is 1. The number of carbonyl (C=O) groups excluding carboxylic acids is 1. The zero-order valence-corrected chi connectivity index (χ0v) is 16.9. The average Bonchev–Trinajstić information content (AvgIpc) is 3.63. The van der Waals surface area contributed by atoms with Crippen molar-refractivity contribution < 1.29 is 23.1 Å². The zero-order valence-electron chi connectivity index (χ0n) is 16.9. The van der Waals surface area contributed by atoms with E-state index in [0.29, 0.717) is 5.56 Å². The number of aromatic nitrogens is 3. The second-order valence-electron chi connectivity index (χ2n) is 7.82. The predicted molar refractivity (Wildman–Crippen MR) is 110 cm³/mol. The topological polar surface area (TPSA) is 85.1 Å². The molecule has 0 saturated heterocycles. The van der Waals surface area contributed by atoms with Crippen LogP contribution in [0.25, 0.3) is 16.9 Å². The third kappa shape index (κ3) is 4.62. The van der Waals surface area contributed by atoms with Gasteiger partial charge < -0.3 is 5.11 Å². The molecular formula is C23H20F3N3O3. The van der Waals surface area contributed by atoms with E-state index in [9.17, 15) is 27.9 Å². The zero-order chi connectivity index (χ0) is 22.8. The summed E-state index contributed by atoms with van der Waals surface area (Å²) in [5, 5.41) is 13.8. The lowest BCUT2D eigenvalue weighted by atomic mass is 9.95. The summed E-state index contributed by atoms with van der Waals surface area (Å²) in [6, 6.07) is 8.97. The first kappa shape index (κ1) is 21.9. The maximum atomic E-state index is 13.8. The summed E-state index contributed by atoms with van der Waals surface area (Å²) >= 11 is 0. The fourth-order valence-corrected chi connectivity index (χ4v) is 3.60. The van der Waals surface area contributed by atoms with Gasteiger partial charge in [-0.05, 0) is 61.1 Å². The summed E-state index contributed by atoms with van der Waals surface area (Å²) < 4.78 is 40.4. The molecule has 1 saturated carbocycles. The van der Waals surface area contributed by atoms with Crippen LogP contribution in [-0.2, 0) is 0 Å². The Morgan fingerprint density at radius 3 is 2.56 bits per heavy atom. The molecule has 0 amide bonds. The lowest BCUT2D eigenvalue weighted by Gasteiger charge is -2.14. The highest BCUT2D eigenvalue weighted by atomic mass is 19.3. The molecule has 1 atom stereocenters. The number of hydrogen-bond acceptors (Lipinski definition) is 5. The van der Waals surface area contributed by atoms with Gasteiger partial charge in [0.2, 0.25) is 0 Å². The van der Waals surface area contributed by atoms with E-state index in [1.807, 2.05) is 0 Å². The number of carbonyl (C=O) groups is 1. The Bertz CT molecular complexity index is 1190. The van der Waals surface area contributed by atoms with Gasteiger partial charge in [0, 0.05) is 24.8 Å². The number of benzene rings is 1. The number of rotatable bonds is 8. The lowest BCUT2D eigenvalue weighted by molar-refractivity contribution is 0.0922. The standard InChI is InChI=1S/C23H20F3N3O3/c24-16-2-1-3-17(9-16)29-23(32)18(21(31)8-15(12-30)13-4-5-13)10-20(28-29)14-6-7-19(22(25)26)27-11-14/h1-3,6-7,9-11,13,15,22,30H,4-5,8,12H2/t15-/m1/s1. The van der Waals surface area contributed by atoms with Gasteiger partial charge >= 0.3 is 0 Å². The molecule has 1 fully saturated rings. The molecule has 0 aliphatic heterocycles. The van der Waals surface area contributed by atoms with Crippen LogP contribution in [0.5, 0.6) is 0 Å². The van der Waals surface area contributed by atoms with Gasteiger partial charge in [0.05, 0.1) is 16.9 Å². The van der Waals surface area contributed by atoms with Gasteiger partial charge in [0.15, 0.2) is 5.78 Å². The second kappa shape index (κ2) is 9.04. The van der Waals surface area contributed by atoms with E-state index < -0.39 is 29.3 Å². The van der Waals surface area contributed by atoms with E-state index in [0.717, 1.165) is 29.7 Å². The van der Waals surface area contributed by atoms with Crippen molar-refractivity contribution in [1.29, 1.82) is 0 Å². The Hall–Kier alpha value is -3.33. The highest BCUT2D eigenvalue weighted by Gasteiger charge is 2.33. The predicted octanol–water partition coefficient (Wildman–Crippen LogP) is 3.96. The average molecular weight is 443 g/mol. The minimum Gasteiger partial charge on any atom is -0.396 e. The van der Waals surface area contributed by atoms with E-state index in [-0.39, 0.29) is 41.8 Å². The molecule has 4 rings (SSSR count). The van der Waals surface area contributed by atoms with Gasteiger partial charge in [-0.2, -0.15) is 9.78 Å². The maximum Gasteiger partial charge on any atom is 0.282 e. The van der Waals surface area contributed by atoms with Crippen molar-refractivity contribution in [3.63, 3.8) is 0 Å². The number of ketones is 1. The first-order valence-corrected chi connectivity index (χ1v) is 10.2. The molecule has 2 heterocycles. The van der Waals surface area contributed by atoms with Crippen LogP contribution in [0.1, 0.15) is 41.7 Å². The van der Waals surface area contributed by atoms with Crippen LogP contribution in [0.4, 0.5) is 13.2 Å². The largest absolute Gasteiger partial charge is 0.396 e. The number of hydrogen-bond donors (Lipinski definition) is 1. The fourth-order valence-electron chi connectivity index (χ4n) is 3.60. The van der Waals surface area contributed by atoms with Gasteiger partial charge in [0.25, 0.3) is 12.0 Å². The molecule has 1 N–H and O–H groups in total. The van der Waals surface area contributed by atoms with Crippen LogP contribution >= 0.6 is 0 Å². The Morgan fingerprint density at radius 1 is 1.19 bits per heavy atom. The molecule has 0 unspecified atom stereocenters. The van der Waals surface area contributed by atoms with E-state index in [2.05, 4.69) is 10.1 Å². The van der Waals surface area contributed by atoms with E-state index in [4.69, 9.17) is 0 Å². The summed E-state index contributed by atoms with van der Waals surface area (Å²) in [4.78, 5) is 29.8. The van der Waals surface area contributed by atoms with Crippen LogP contribution in [0.3, 0.4) is 0 Å². The van der Waals surface area contributed by atoms with E-state index in [1.165, 1.54) is 36.5 Å². The van der Waals surface area contributed by atoms with Gasteiger partial charge in [-0.25, -0.2) is 13.2 Å². The normalized spacial score (nSPS) is 14.5. The Labute approximate surface area is 181 Å². The van der Waals surface area contributed by atoms with Crippen molar-refractivity contribution in [2.75, 3.05) is 6.61 Å². The van der Waals surface area contributed by atoms with Crippen LogP contribution in [0.2, 0.25) is 0 Å². The van der Waals surface area contributed by atoms with Crippen LogP contribution in [0.15, 0.2) is 53.5 Å².